The summed E-state index contributed by atoms with van der Waals surface area (Å²) in [4.78, 5) is 4.08. The van der Waals surface area contributed by atoms with Crippen LogP contribution in [0.25, 0.3) is 0 Å². The van der Waals surface area contributed by atoms with E-state index >= 15 is 0 Å². The molecule has 1 aromatic carbocycles. The lowest BCUT2D eigenvalue weighted by molar-refractivity contribution is -0.0498. The molecule has 0 atom stereocenters. The van der Waals surface area contributed by atoms with Crippen molar-refractivity contribution in [3.05, 3.63) is 42.0 Å². The second kappa shape index (κ2) is 6.24. The van der Waals surface area contributed by atoms with Gasteiger partial charge >= 0.3 is 6.61 Å². The maximum atomic E-state index is 12.0. The number of ether oxygens (including phenoxy) is 1. The molecular weight excluding hydrogens is 254 g/mol. The maximum absolute atomic E-state index is 12.0. The van der Waals surface area contributed by atoms with E-state index in [1.807, 2.05) is 0 Å². The first-order valence-corrected chi connectivity index (χ1v) is 5.72. The molecule has 5 nitrogen and oxygen atoms in total. The lowest BCUT2D eigenvalue weighted by Crippen LogP contribution is -2.14. The number of hydrogen-bond acceptors (Lipinski definition) is 4. The van der Waals surface area contributed by atoms with Crippen LogP contribution in [0, 0.1) is 0 Å². The van der Waals surface area contributed by atoms with Gasteiger partial charge in [-0.3, -0.25) is 4.68 Å². The van der Waals surface area contributed by atoms with Crippen molar-refractivity contribution in [1.82, 2.24) is 20.1 Å². The quantitative estimate of drug-likeness (QED) is 0.866. The van der Waals surface area contributed by atoms with Crippen LogP contribution in [0.15, 0.2) is 30.6 Å². The number of benzene rings is 1. The first kappa shape index (κ1) is 13.4. The Bertz CT molecular complexity index is 513. The van der Waals surface area contributed by atoms with Gasteiger partial charge in [-0.15, -0.1) is 0 Å². The van der Waals surface area contributed by atoms with E-state index in [0.29, 0.717) is 18.9 Å². The van der Waals surface area contributed by atoms with E-state index in [1.165, 1.54) is 12.1 Å². The third kappa shape index (κ3) is 4.29. The van der Waals surface area contributed by atoms with E-state index in [9.17, 15) is 8.78 Å². The van der Waals surface area contributed by atoms with Gasteiger partial charge < -0.3 is 10.1 Å². The molecule has 7 heteroatoms. The molecule has 0 aliphatic carbocycles. The van der Waals surface area contributed by atoms with E-state index in [4.69, 9.17) is 0 Å². The lowest BCUT2D eigenvalue weighted by Gasteiger charge is -2.06. The van der Waals surface area contributed by atoms with Gasteiger partial charge in [-0.25, -0.2) is 4.98 Å². The summed E-state index contributed by atoms with van der Waals surface area (Å²) in [6.07, 6.45) is 1.63. The van der Waals surface area contributed by atoms with E-state index in [0.717, 1.165) is 5.56 Å². The van der Waals surface area contributed by atoms with Crippen molar-refractivity contribution in [2.45, 2.75) is 19.7 Å². The van der Waals surface area contributed by atoms with Crippen LogP contribution >= 0.6 is 0 Å². The highest BCUT2D eigenvalue weighted by molar-refractivity contribution is 5.27. The average molecular weight is 268 g/mol. The van der Waals surface area contributed by atoms with Crippen LogP contribution in [0.4, 0.5) is 8.78 Å². The van der Waals surface area contributed by atoms with Crippen LogP contribution in [-0.2, 0) is 20.1 Å². The van der Waals surface area contributed by atoms with E-state index in [1.54, 1.807) is 30.2 Å². The molecule has 0 aliphatic rings. The van der Waals surface area contributed by atoms with Crippen LogP contribution in [0.2, 0.25) is 0 Å². The van der Waals surface area contributed by atoms with Crippen molar-refractivity contribution in [3.8, 4) is 5.75 Å². The molecule has 1 N–H and O–H groups in total. The Morgan fingerprint density at radius 1 is 1.26 bits per heavy atom. The molecule has 0 saturated carbocycles. The van der Waals surface area contributed by atoms with Crippen LogP contribution < -0.4 is 10.1 Å². The fourth-order valence-corrected chi connectivity index (χ4v) is 1.57. The summed E-state index contributed by atoms with van der Waals surface area (Å²) >= 11 is 0. The summed E-state index contributed by atoms with van der Waals surface area (Å²) in [5, 5.41) is 7.29. The molecular formula is C12H14F2N4O. The zero-order chi connectivity index (χ0) is 13.7. The zero-order valence-electron chi connectivity index (χ0n) is 10.4. The summed E-state index contributed by atoms with van der Waals surface area (Å²) < 4.78 is 29.8. The smallest absolute Gasteiger partial charge is 0.387 e. The summed E-state index contributed by atoms with van der Waals surface area (Å²) in [5.41, 5.74) is 0.970. The molecule has 2 aromatic rings. The number of aromatic nitrogens is 3. The third-order valence-electron chi connectivity index (χ3n) is 2.41. The largest absolute Gasteiger partial charge is 0.435 e. The van der Waals surface area contributed by atoms with E-state index in [2.05, 4.69) is 20.1 Å². The SMILES string of the molecule is Cn1cnc(CNCc2ccc(OC(F)F)cc2)n1. The number of nitrogens with zero attached hydrogens (tertiary/aromatic N) is 3. The Kier molecular flexibility index (Phi) is 4.40. The highest BCUT2D eigenvalue weighted by Crippen LogP contribution is 2.14. The minimum Gasteiger partial charge on any atom is -0.435 e. The molecule has 0 fully saturated rings. The molecule has 0 unspecified atom stereocenters. The number of aryl methyl sites for hydroxylation is 1. The number of alkyl halides is 2. The third-order valence-corrected chi connectivity index (χ3v) is 2.41. The monoisotopic (exact) mass is 268 g/mol. The normalized spacial score (nSPS) is 10.9. The maximum Gasteiger partial charge on any atom is 0.387 e. The molecule has 0 amide bonds. The van der Waals surface area contributed by atoms with E-state index < -0.39 is 6.61 Å². The van der Waals surface area contributed by atoms with Gasteiger partial charge in [0.05, 0.1) is 6.54 Å². The van der Waals surface area contributed by atoms with Crippen LogP contribution in [0.1, 0.15) is 11.4 Å². The topological polar surface area (TPSA) is 52.0 Å². The molecule has 1 heterocycles. The number of nitrogens with one attached hydrogen (secondary N) is 1. The fourth-order valence-electron chi connectivity index (χ4n) is 1.57. The predicted molar refractivity (Wildman–Crippen MR) is 64.6 cm³/mol. The van der Waals surface area contributed by atoms with Gasteiger partial charge in [0.15, 0.2) is 5.82 Å². The van der Waals surface area contributed by atoms with Crippen LogP contribution in [0.5, 0.6) is 5.75 Å². The molecule has 0 radical (unpaired) electrons. The van der Waals surface area contributed by atoms with Crippen molar-refractivity contribution in [2.24, 2.45) is 7.05 Å². The molecule has 19 heavy (non-hydrogen) atoms. The highest BCUT2D eigenvalue weighted by atomic mass is 19.3. The molecule has 1 aromatic heterocycles. The van der Waals surface area contributed by atoms with Crippen molar-refractivity contribution in [1.29, 1.82) is 0 Å². The Labute approximate surface area is 109 Å². The van der Waals surface area contributed by atoms with Crippen molar-refractivity contribution >= 4 is 0 Å². The Hall–Kier alpha value is -2.02. The second-order valence-corrected chi connectivity index (χ2v) is 3.96. The van der Waals surface area contributed by atoms with Crippen molar-refractivity contribution in [3.63, 3.8) is 0 Å². The molecule has 0 aliphatic heterocycles. The standard InChI is InChI=1S/C12H14F2N4O/c1-18-8-16-11(17-18)7-15-6-9-2-4-10(5-3-9)19-12(13)14/h2-5,8,12,15H,6-7H2,1H3. The average Bonchev–Trinajstić information content (AvgIpc) is 2.77. The highest BCUT2D eigenvalue weighted by Gasteiger charge is 2.03. The van der Waals surface area contributed by atoms with Gasteiger partial charge in [-0.05, 0) is 17.7 Å². The number of hydrogen-bond donors (Lipinski definition) is 1. The van der Waals surface area contributed by atoms with Crippen LogP contribution in [-0.4, -0.2) is 21.4 Å². The molecule has 0 spiro atoms. The number of halogens is 2. The minimum atomic E-state index is -2.79. The van der Waals surface area contributed by atoms with Gasteiger partial charge in [0.25, 0.3) is 0 Å². The Balaban J connectivity index is 1.79. The number of rotatable bonds is 6. The summed E-state index contributed by atoms with van der Waals surface area (Å²) in [6.45, 7) is -1.64. The van der Waals surface area contributed by atoms with Crippen molar-refractivity contribution in [2.75, 3.05) is 0 Å². The van der Waals surface area contributed by atoms with E-state index in [-0.39, 0.29) is 5.75 Å². The van der Waals surface area contributed by atoms with Gasteiger partial charge in [0.1, 0.15) is 12.1 Å². The summed E-state index contributed by atoms with van der Waals surface area (Å²) in [7, 11) is 1.80. The van der Waals surface area contributed by atoms with Gasteiger partial charge in [-0.2, -0.15) is 13.9 Å². The van der Waals surface area contributed by atoms with Crippen LogP contribution in [0.3, 0.4) is 0 Å². The molecule has 102 valence electrons. The van der Waals surface area contributed by atoms with Gasteiger partial charge in [0.2, 0.25) is 0 Å². The minimum absolute atomic E-state index is 0.158. The molecule has 0 saturated heterocycles. The van der Waals surface area contributed by atoms with Crippen molar-refractivity contribution < 1.29 is 13.5 Å². The van der Waals surface area contributed by atoms with Gasteiger partial charge in [0, 0.05) is 13.6 Å². The Morgan fingerprint density at radius 3 is 2.58 bits per heavy atom. The molecule has 0 bridgehead atoms. The lowest BCUT2D eigenvalue weighted by atomic mass is 10.2. The first-order valence-electron chi connectivity index (χ1n) is 5.72. The second-order valence-electron chi connectivity index (χ2n) is 3.96. The molecule has 2 rings (SSSR count). The summed E-state index contributed by atoms with van der Waals surface area (Å²) in [6, 6.07) is 6.50. The predicted octanol–water partition coefficient (Wildman–Crippen LogP) is 1.71. The zero-order valence-corrected chi connectivity index (χ0v) is 10.4. The fraction of sp³-hybridized carbons (Fsp3) is 0.333. The Morgan fingerprint density at radius 2 is 2.00 bits per heavy atom. The summed E-state index contributed by atoms with van der Waals surface area (Å²) in [5.74, 6) is 0.866. The van der Waals surface area contributed by atoms with Gasteiger partial charge in [-0.1, -0.05) is 12.1 Å². The first-order chi connectivity index (χ1) is 9.13.